The van der Waals surface area contributed by atoms with Crippen LogP contribution in [0.5, 0.6) is 0 Å². The number of nitrogens with zero attached hydrogens (tertiary/aromatic N) is 1. The molecule has 1 saturated heterocycles. The van der Waals surface area contributed by atoms with E-state index in [4.69, 9.17) is 0 Å². The minimum absolute atomic E-state index is 0.111. The zero-order valence-electron chi connectivity index (χ0n) is 11.6. The summed E-state index contributed by atoms with van der Waals surface area (Å²) in [5.74, 6) is 0.111. The second-order valence-electron chi connectivity index (χ2n) is 5.03. The standard InChI is InChI=1S/C14H26N2O2/c1-3-4-5-6-7-8-9-16(2)14(18)13-10-12(17)11-15-13/h3-4,12-13,15,17H,5-11H2,1-2H3/t12-,13+/m1/s1. The van der Waals surface area contributed by atoms with Crippen LogP contribution in [0.3, 0.4) is 0 Å². The van der Waals surface area contributed by atoms with E-state index in [1.165, 1.54) is 6.42 Å². The second kappa shape index (κ2) is 8.27. The van der Waals surface area contributed by atoms with Crippen molar-refractivity contribution in [1.82, 2.24) is 10.2 Å². The van der Waals surface area contributed by atoms with Gasteiger partial charge in [-0.2, -0.15) is 0 Å². The van der Waals surface area contributed by atoms with Crippen molar-refractivity contribution in [1.29, 1.82) is 0 Å². The Morgan fingerprint density at radius 1 is 1.44 bits per heavy atom. The zero-order chi connectivity index (χ0) is 13.4. The molecule has 0 aliphatic carbocycles. The number of carbonyl (C=O) groups is 1. The summed E-state index contributed by atoms with van der Waals surface area (Å²) < 4.78 is 0. The quantitative estimate of drug-likeness (QED) is 0.532. The van der Waals surface area contributed by atoms with Crippen molar-refractivity contribution >= 4 is 5.91 Å². The average molecular weight is 254 g/mol. The Morgan fingerprint density at radius 2 is 2.22 bits per heavy atom. The van der Waals surface area contributed by atoms with Crippen LogP contribution in [-0.2, 0) is 4.79 Å². The van der Waals surface area contributed by atoms with E-state index in [2.05, 4.69) is 17.5 Å². The van der Waals surface area contributed by atoms with Crippen molar-refractivity contribution in [2.24, 2.45) is 0 Å². The lowest BCUT2D eigenvalue weighted by atomic mass is 10.1. The molecule has 0 spiro atoms. The van der Waals surface area contributed by atoms with Crippen molar-refractivity contribution < 1.29 is 9.90 Å². The molecule has 0 bridgehead atoms. The molecule has 4 heteroatoms. The minimum Gasteiger partial charge on any atom is -0.392 e. The number of β-amino-alcohol motifs (C(OH)–C–C–N with tert-alkyl or cyclic N) is 1. The van der Waals surface area contributed by atoms with Crippen LogP contribution in [0.15, 0.2) is 12.2 Å². The molecule has 1 heterocycles. The number of amides is 1. The Morgan fingerprint density at radius 3 is 2.83 bits per heavy atom. The zero-order valence-corrected chi connectivity index (χ0v) is 11.6. The number of hydrogen-bond donors (Lipinski definition) is 2. The molecule has 2 N–H and O–H groups in total. The first-order valence-corrected chi connectivity index (χ1v) is 6.92. The first kappa shape index (κ1) is 15.2. The van der Waals surface area contributed by atoms with Gasteiger partial charge in [-0.1, -0.05) is 18.6 Å². The molecule has 0 unspecified atom stereocenters. The molecule has 1 aliphatic heterocycles. The predicted molar refractivity (Wildman–Crippen MR) is 73.3 cm³/mol. The lowest BCUT2D eigenvalue weighted by Gasteiger charge is -2.21. The van der Waals surface area contributed by atoms with Crippen LogP contribution < -0.4 is 5.32 Å². The molecule has 1 rings (SSSR count). The van der Waals surface area contributed by atoms with E-state index in [1.807, 2.05) is 14.0 Å². The highest BCUT2D eigenvalue weighted by Crippen LogP contribution is 2.10. The predicted octanol–water partition coefficient (Wildman–Crippen LogP) is 1.30. The largest absolute Gasteiger partial charge is 0.392 e. The van der Waals surface area contributed by atoms with Crippen LogP contribution >= 0.6 is 0 Å². The summed E-state index contributed by atoms with van der Waals surface area (Å²) in [4.78, 5) is 13.8. The summed E-state index contributed by atoms with van der Waals surface area (Å²) in [6.07, 6.45) is 8.96. The number of unbranched alkanes of at least 4 members (excludes halogenated alkanes) is 3. The molecular formula is C14H26N2O2. The van der Waals surface area contributed by atoms with Gasteiger partial charge in [0, 0.05) is 20.1 Å². The third-order valence-corrected chi connectivity index (χ3v) is 3.38. The van der Waals surface area contributed by atoms with Crippen LogP contribution in [-0.4, -0.2) is 48.2 Å². The van der Waals surface area contributed by atoms with Crippen molar-refractivity contribution in [3.63, 3.8) is 0 Å². The first-order chi connectivity index (χ1) is 8.65. The Hall–Kier alpha value is -0.870. The molecular weight excluding hydrogens is 228 g/mol. The van der Waals surface area contributed by atoms with Gasteiger partial charge in [0.2, 0.25) is 5.91 Å². The summed E-state index contributed by atoms with van der Waals surface area (Å²) in [5, 5.41) is 12.4. The molecule has 2 atom stereocenters. The van der Waals surface area contributed by atoms with Crippen molar-refractivity contribution in [3.8, 4) is 0 Å². The third kappa shape index (κ3) is 5.19. The Kier molecular flexibility index (Phi) is 6.98. The molecule has 0 aromatic carbocycles. The van der Waals surface area contributed by atoms with Crippen LogP contribution in [0.2, 0.25) is 0 Å². The molecule has 0 aromatic heterocycles. The van der Waals surface area contributed by atoms with Gasteiger partial charge in [0.1, 0.15) is 0 Å². The summed E-state index contributed by atoms with van der Waals surface area (Å²) >= 11 is 0. The first-order valence-electron chi connectivity index (χ1n) is 6.92. The highest BCUT2D eigenvalue weighted by atomic mass is 16.3. The monoisotopic (exact) mass is 254 g/mol. The second-order valence-corrected chi connectivity index (χ2v) is 5.03. The van der Waals surface area contributed by atoms with E-state index in [9.17, 15) is 9.90 Å². The number of allylic oxidation sites excluding steroid dienone is 2. The molecule has 0 aromatic rings. The highest BCUT2D eigenvalue weighted by molar-refractivity contribution is 5.82. The number of rotatable bonds is 7. The number of hydrogen-bond acceptors (Lipinski definition) is 3. The molecule has 4 nitrogen and oxygen atoms in total. The van der Waals surface area contributed by atoms with Crippen molar-refractivity contribution in [3.05, 3.63) is 12.2 Å². The lowest BCUT2D eigenvalue weighted by molar-refractivity contribution is -0.132. The molecule has 104 valence electrons. The van der Waals surface area contributed by atoms with Crippen LogP contribution in [0.25, 0.3) is 0 Å². The summed E-state index contributed by atoms with van der Waals surface area (Å²) in [6, 6.07) is -0.187. The van der Waals surface area contributed by atoms with E-state index >= 15 is 0 Å². The van der Waals surface area contributed by atoms with Gasteiger partial charge in [-0.15, -0.1) is 0 Å². The smallest absolute Gasteiger partial charge is 0.239 e. The van der Waals surface area contributed by atoms with Crippen LogP contribution in [0.4, 0.5) is 0 Å². The van der Waals surface area contributed by atoms with E-state index < -0.39 is 0 Å². The average Bonchev–Trinajstić information content (AvgIpc) is 2.79. The van der Waals surface area contributed by atoms with E-state index in [0.29, 0.717) is 13.0 Å². The Labute approximate surface area is 110 Å². The fourth-order valence-electron chi connectivity index (χ4n) is 2.24. The number of likely N-dealkylation sites (N-methyl/N-ethyl adjacent to an activating group) is 1. The number of aliphatic hydroxyl groups excluding tert-OH is 1. The van der Waals surface area contributed by atoms with Gasteiger partial charge in [-0.3, -0.25) is 4.79 Å². The Bertz CT molecular complexity index is 279. The van der Waals surface area contributed by atoms with Crippen LogP contribution in [0.1, 0.15) is 39.0 Å². The maximum atomic E-state index is 12.0. The SMILES string of the molecule is CC=CCCCCCN(C)C(=O)[C@@H]1C[C@@H](O)CN1. The van der Waals surface area contributed by atoms with Crippen molar-refractivity contribution in [2.45, 2.75) is 51.2 Å². The lowest BCUT2D eigenvalue weighted by Crippen LogP contribution is -2.41. The van der Waals surface area contributed by atoms with Gasteiger partial charge >= 0.3 is 0 Å². The molecule has 0 radical (unpaired) electrons. The van der Waals surface area contributed by atoms with Crippen molar-refractivity contribution in [2.75, 3.05) is 20.1 Å². The van der Waals surface area contributed by atoms with Gasteiger partial charge in [0.05, 0.1) is 12.1 Å². The normalized spacial score (nSPS) is 23.7. The van der Waals surface area contributed by atoms with Gasteiger partial charge in [0.15, 0.2) is 0 Å². The fraction of sp³-hybridized carbons (Fsp3) is 0.786. The van der Waals surface area contributed by atoms with E-state index in [-0.39, 0.29) is 18.1 Å². The maximum absolute atomic E-state index is 12.0. The maximum Gasteiger partial charge on any atom is 0.239 e. The summed E-state index contributed by atoms with van der Waals surface area (Å²) in [6.45, 7) is 3.38. The molecule has 1 fully saturated rings. The van der Waals surface area contributed by atoms with Crippen LogP contribution in [0, 0.1) is 0 Å². The molecule has 1 aliphatic rings. The Balaban J connectivity index is 2.12. The highest BCUT2D eigenvalue weighted by Gasteiger charge is 2.29. The number of carbonyl (C=O) groups excluding carboxylic acids is 1. The summed E-state index contributed by atoms with van der Waals surface area (Å²) in [5.41, 5.74) is 0. The molecule has 1 amide bonds. The fourth-order valence-corrected chi connectivity index (χ4v) is 2.24. The van der Waals surface area contributed by atoms with Gasteiger partial charge in [0.25, 0.3) is 0 Å². The molecule has 0 saturated carbocycles. The number of nitrogens with one attached hydrogen (secondary N) is 1. The summed E-state index contributed by atoms with van der Waals surface area (Å²) in [7, 11) is 1.85. The van der Waals surface area contributed by atoms with E-state index in [1.54, 1.807) is 4.90 Å². The van der Waals surface area contributed by atoms with Gasteiger partial charge in [-0.25, -0.2) is 0 Å². The van der Waals surface area contributed by atoms with E-state index in [0.717, 1.165) is 25.8 Å². The van der Waals surface area contributed by atoms with Gasteiger partial charge < -0.3 is 15.3 Å². The van der Waals surface area contributed by atoms with Gasteiger partial charge in [-0.05, 0) is 32.6 Å². The number of aliphatic hydroxyl groups is 1. The topological polar surface area (TPSA) is 52.6 Å². The minimum atomic E-state index is -0.367. The molecule has 18 heavy (non-hydrogen) atoms. The third-order valence-electron chi connectivity index (χ3n) is 3.38.